The number of halogens is 5. The maximum absolute atomic E-state index is 13.7. The number of primary amides is 1. The van der Waals surface area contributed by atoms with Gasteiger partial charge in [-0.2, -0.15) is 13.2 Å². The maximum atomic E-state index is 13.7. The fraction of sp³-hybridized carbons (Fsp3) is 0.0526. The van der Waals surface area contributed by atoms with E-state index in [0.29, 0.717) is 29.3 Å². The number of aromatic amines is 1. The van der Waals surface area contributed by atoms with Gasteiger partial charge in [0, 0.05) is 11.3 Å². The zero-order valence-electron chi connectivity index (χ0n) is 14.9. The fourth-order valence-electron chi connectivity index (χ4n) is 2.66. The smallest absolute Gasteiger partial charge is 0.364 e. The van der Waals surface area contributed by atoms with Crippen LogP contribution >= 0.6 is 11.6 Å². The van der Waals surface area contributed by atoms with Gasteiger partial charge < -0.3 is 21.4 Å². The van der Waals surface area contributed by atoms with E-state index in [1.807, 2.05) is 5.32 Å². The third-order valence-electron chi connectivity index (χ3n) is 4.03. The van der Waals surface area contributed by atoms with E-state index in [4.69, 9.17) is 17.3 Å². The SMILES string of the molecule is NC(=O)c1[nH]c(Cl)cc1-c1ccc(NC(=O)Nc2cc(C(F)(F)F)ccc2F)cc1. The van der Waals surface area contributed by atoms with Gasteiger partial charge in [0.1, 0.15) is 16.7 Å². The minimum Gasteiger partial charge on any atom is -0.364 e. The molecular weight excluding hydrogens is 428 g/mol. The van der Waals surface area contributed by atoms with Gasteiger partial charge in [0.25, 0.3) is 5.91 Å². The number of nitrogens with one attached hydrogen (secondary N) is 3. The highest BCUT2D eigenvalue weighted by Crippen LogP contribution is 2.32. The quantitative estimate of drug-likeness (QED) is 0.417. The molecule has 0 unspecified atom stereocenters. The standard InChI is InChI=1S/C19H13ClF4N4O2/c20-15-8-12(16(28-15)17(25)29)9-1-4-11(5-2-9)26-18(30)27-14-7-10(19(22,23)24)3-6-13(14)21/h1-8,28H,(H2,25,29)(H2,26,27,30). The number of H-pyrrole nitrogens is 1. The first-order valence-corrected chi connectivity index (χ1v) is 8.66. The molecular formula is C19H13ClF4N4O2. The molecule has 0 radical (unpaired) electrons. The van der Waals surface area contributed by atoms with Gasteiger partial charge in [0.15, 0.2) is 0 Å². The van der Waals surface area contributed by atoms with Crippen LogP contribution < -0.4 is 16.4 Å². The monoisotopic (exact) mass is 440 g/mol. The molecule has 5 N–H and O–H groups in total. The van der Waals surface area contributed by atoms with Crippen LogP contribution in [0.4, 0.5) is 33.7 Å². The van der Waals surface area contributed by atoms with Crippen molar-refractivity contribution in [3.63, 3.8) is 0 Å². The van der Waals surface area contributed by atoms with Gasteiger partial charge in [-0.25, -0.2) is 9.18 Å². The van der Waals surface area contributed by atoms with Gasteiger partial charge in [-0.3, -0.25) is 4.79 Å². The van der Waals surface area contributed by atoms with Crippen molar-refractivity contribution in [1.29, 1.82) is 0 Å². The Balaban J connectivity index is 1.74. The van der Waals surface area contributed by atoms with Crippen LogP contribution in [0.15, 0.2) is 48.5 Å². The summed E-state index contributed by atoms with van der Waals surface area (Å²) in [4.78, 5) is 26.1. The van der Waals surface area contributed by atoms with E-state index in [1.165, 1.54) is 18.2 Å². The predicted molar refractivity (Wildman–Crippen MR) is 104 cm³/mol. The summed E-state index contributed by atoms with van der Waals surface area (Å²) < 4.78 is 52.0. The molecule has 3 aromatic rings. The zero-order chi connectivity index (χ0) is 22.1. The Kier molecular flexibility index (Phi) is 5.70. The first kappa shape index (κ1) is 21.2. The number of benzene rings is 2. The third kappa shape index (κ3) is 4.71. The molecule has 0 spiro atoms. The summed E-state index contributed by atoms with van der Waals surface area (Å²) in [5.41, 5.74) is 4.98. The minimum absolute atomic E-state index is 0.110. The average molecular weight is 441 g/mol. The summed E-state index contributed by atoms with van der Waals surface area (Å²) in [6.07, 6.45) is -4.68. The van der Waals surface area contributed by atoms with E-state index in [1.54, 1.807) is 12.1 Å². The van der Waals surface area contributed by atoms with Crippen LogP contribution in [0.2, 0.25) is 5.15 Å². The van der Waals surface area contributed by atoms with Crippen LogP contribution in [0.3, 0.4) is 0 Å². The zero-order valence-corrected chi connectivity index (χ0v) is 15.7. The number of alkyl halides is 3. The van der Waals surface area contributed by atoms with Crippen molar-refractivity contribution in [1.82, 2.24) is 4.98 Å². The number of hydrogen-bond donors (Lipinski definition) is 4. The lowest BCUT2D eigenvalue weighted by atomic mass is 10.1. The Morgan fingerprint density at radius 3 is 2.27 bits per heavy atom. The minimum atomic E-state index is -4.68. The lowest BCUT2D eigenvalue weighted by Gasteiger charge is -2.12. The number of anilines is 2. The largest absolute Gasteiger partial charge is 0.416 e. The highest BCUT2D eigenvalue weighted by atomic mass is 35.5. The van der Waals surface area contributed by atoms with Crippen molar-refractivity contribution in [3.05, 3.63) is 70.8 Å². The summed E-state index contributed by atoms with van der Waals surface area (Å²) in [7, 11) is 0. The van der Waals surface area contributed by atoms with Crippen LogP contribution in [0, 0.1) is 5.82 Å². The Bertz CT molecular complexity index is 1110. The van der Waals surface area contributed by atoms with Gasteiger partial charge in [-0.15, -0.1) is 0 Å². The molecule has 1 aromatic heterocycles. The van der Waals surface area contributed by atoms with Crippen molar-refractivity contribution < 1.29 is 27.2 Å². The molecule has 11 heteroatoms. The molecule has 3 amide bonds. The van der Waals surface area contributed by atoms with Gasteiger partial charge in [-0.05, 0) is 42.0 Å². The molecule has 2 aromatic carbocycles. The molecule has 6 nitrogen and oxygen atoms in total. The van der Waals surface area contributed by atoms with Gasteiger partial charge in [0.2, 0.25) is 0 Å². The summed E-state index contributed by atoms with van der Waals surface area (Å²) in [6.45, 7) is 0. The second-order valence-electron chi connectivity index (χ2n) is 6.12. The second-order valence-corrected chi connectivity index (χ2v) is 6.53. The predicted octanol–water partition coefficient (Wildman–Crippen LogP) is 5.24. The van der Waals surface area contributed by atoms with Gasteiger partial charge in [0.05, 0.1) is 11.3 Å². The molecule has 0 saturated carbocycles. The first-order valence-electron chi connectivity index (χ1n) is 8.28. The Labute approximate surface area is 172 Å². The van der Waals surface area contributed by atoms with Crippen molar-refractivity contribution in [3.8, 4) is 11.1 Å². The van der Waals surface area contributed by atoms with E-state index in [-0.39, 0.29) is 16.5 Å². The molecule has 0 aliphatic carbocycles. The highest BCUT2D eigenvalue weighted by Gasteiger charge is 2.31. The Hall–Kier alpha value is -3.53. The maximum Gasteiger partial charge on any atom is 0.416 e. The fourth-order valence-corrected chi connectivity index (χ4v) is 2.86. The molecule has 30 heavy (non-hydrogen) atoms. The number of carbonyl (C=O) groups is 2. The average Bonchev–Trinajstić information content (AvgIpc) is 3.05. The molecule has 1 heterocycles. The third-order valence-corrected chi connectivity index (χ3v) is 4.23. The van der Waals surface area contributed by atoms with Crippen LogP contribution in [-0.4, -0.2) is 16.9 Å². The summed E-state index contributed by atoms with van der Waals surface area (Å²) >= 11 is 5.86. The Morgan fingerprint density at radius 2 is 1.67 bits per heavy atom. The van der Waals surface area contributed by atoms with E-state index in [0.717, 1.165) is 0 Å². The summed E-state index contributed by atoms with van der Waals surface area (Å²) in [6, 6.07) is 8.33. The lowest BCUT2D eigenvalue weighted by Crippen LogP contribution is -2.20. The number of rotatable bonds is 4. The molecule has 0 fully saturated rings. The molecule has 0 aliphatic rings. The van der Waals surface area contributed by atoms with E-state index >= 15 is 0 Å². The highest BCUT2D eigenvalue weighted by molar-refractivity contribution is 6.30. The number of urea groups is 1. The number of hydrogen-bond acceptors (Lipinski definition) is 2. The van der Waals surface area contributed by atoms with E-state index in [9.17, 15) is 27.2 Å². The van der Waals surface area contributed by atoms with Gasteiger partial charge in [-0.1, -0.05) is 23.7 Å². The topological polar surface area (TPSA) is 100 Å². The van der Waals surface area contributed by atoms with Crippen LogP contribution in [0.25, 0.3) is 11.1 Å². The van der Waals surface area contributed by atoms with Crippen LogP contribution in [-0.2, 0) is 6.18 Å². The van der Waals surface area contributed by atoms with Crippen molar-refractivity contribution >= 4 is 34.9 Å². The lowest BCUT2D eigenvalue weighted by molar-refractivity contribution is -0.137. The van der Waals surface area contributed by atoms with Gasteiger partial charge >= 0.3 is 12.2 Å². The molecule has 0 bridgehead atoms. The van der Waals surface area contributed by atoms with E-state index < -0.39 is 35.2 Å². The molecule has 156 valence electrons. The molecule has 0 atom stereocenters. The van der Waals surface area contributed by atoms with Crippen molar-refractivity contribution in [2.75, 3.05) is 10.6 Å². The second kappa shape index (κ2) is 8.07. The normalized spacial score (nSPS) is 11.2. The van der Waals surface area contributed by atoms with Crippen LogP contribution in [0.1, 0.15) is 16.1 Å². The number of aromatic nitrogens is 1. The number of nitrogens with two attached hydrogens (primary N) is 1. The molecule has 0 aliphatic heterocycles. The van der Waals surface area contributed by atoms with Crippen LogP contribution in [0.5, 0.6) is 0 Å². The number of amides is 3. The van der Waals surface area contributed by atoms with Crippen molar-refractivity contribution in [2.45, 2.75) is 6.18 Å². The number of carbonyl (C=O) groups excluding carboxylic acids is 2. The Morgan fingerprint density at radius 1 is 1.00 bits per heavy atom. The van der Waals surface area contributed by atoms with Crippen molar-refractivity contribution in [2.24, 2.45) is 5.73 Å². The molecule has 3 rings (SSSR count). The van der Waals surface area contributed by atoms with E-state index in [2.05, 4.69) is 10.3 Å². The first-order chi connectivity index (χ1) is 14.0. The molecule has 0 saturated heterocycles. The summed E-state index contributed by atoms with van der Waals surface area (Å²) in [5.74, 6) is -1.72. The summed E-state index contributed by atoms with van der Waals surface area (Å²) in [5, 5.41) is 4.62.